The zero-order chi connectivity index (χ0) is 15.0. The molecule has 2 atom stereocenters. The number of fused-ring (bicyclic) bond motifs is 1. The number of nitrogens with zero attached hydrogens (tertiary/aromatic N) is 3. The van der Waals surface area contributed by atoms with Gasteiger partial charge in [0.2, 0.25) is 0 Å². The van der Waals surface area contributed by atoms with Crippen molar-refractivity contribution in [3.63, 3.8) is 0 Å². The molecule has 1 aromatic carbocycles. The van der Waals surface area contributed by atoms with Gasteiger partial charge in [0.15, 0.2) is 0 Å². The highest BCUT2D eigenvalue weighted by atomic mass is 16.6. The molecular weight excluding hydrogens is 268 g/mol. The van der Waals surface area contributed by atoms with Crippen molar-refractivity contribution in [3.8, 4) is 0 Å². The Hall–Kier alpha value is -2.21. The molecular formula is C15H18N4O2. The van der Waals surface area contributed by atoms with E-state index in [1.807, 2.05) is 12.1 Å². The molecule has 110 valence electrons. The number of benzene rings is 1. The van der Waals surface area contributed by atoms with Crippen molar-refractivity contribution in [2.75, 3.05) is 18.0 Å². The maximum Gasteiger partial charge on any atom is 0.270 e. The summed E-state index contributed by atoms with van der Waals surface area (Å²) in [6.07, 6.45) is 1.06. The van der Waals surface area contributed by atoms with E-state index in [1.54, 1.807) is 12.1 Å². The van der Waals surface area contributed by atoms with Crippen LogP contribution in [-0.4, -0.2) is 29.0 Å². The number of nitro groups is 1. The molecule has 21 heavy (non-hydrogen) atoms. The lowest BCUT2D eigenvalue weighted by Crippen LogP contribution is -2.47. The van der Waals surface area contributed by atoms with Crippen molar-refractivity contribution >= 4 is 22.4 Å². The molecule has 2 heterocycles. The van der Waals surface area contributed by atoms with Crippen molar-refractivity contribution in [2.45, 2.75) is 19.4 Å². The molecule has 1 aliphatic heterocycles. The Morgan fingerprint density at radius 1 is 1.38 bits per heavy atom. The normalized spacial score (nSPS) is 22.5. The number of pyridine rings is 1. The van der Waals surface area contributed by atoms with Crippen LogP contribution in [0.1, 0.15) is 13.3 Å². The van der Waals surface area contributed by atoms with Crippen LogP contribution in [0.15, 0.2) is 30.3 Å². The number of nitrogens with two attached hydrogens (primary N) is 1. The fraction of sp³-hybridized carbons (Fsp3) is 0.400. The van der Waals surface area contributed by atoms with E-state index in [9.17, 15) is 10.1 Å². The third kappa shape index (κ3) is 2.67. The first-order valence-electron chi connectivity index (χ1n) is 7.10. The van der Waals surface area contributed by atoms with Gasteiger partial charge in [-0.3, -0.25) is 10.1 Å². The molecule has 1 aliphatic rings. The minimum atomic E-state index is -0.390. The number of non-ortho nitro benzene ring substituents is 1. The highest BCUT2D eigenvalue weighted by molar-refractivity contribution is 5.82. The quantitative estimate of drug-likeness (QED) is 0.676. The number of aromatic nitrogens is 1. The van der Waals surface area contributed by atoms with Crippen LogP contribution >= 0.6 is 0 Å². The van der Waals surface area contributed by atoms with Gasteiger partial charge in [0.1, 0.15) is 5.82 Å². The van der Waals surface area contributed by atoms with Gasteiger partial charge in [-0.25, -0.2) is 4.98 Å². The predicted octanol–water partition coefficient (Wildman–Crippen LogP) is 2.32. The van der Waals surface area contributed by atoms with Crippen molar-refractivity contribution in [1.29, 1.82) is 0 Å². The fourth-order valence-electron chi connectivity index (χ4n) is 2.70. The van der Waals surface area contributed by atoms with E-state index in [0.29, 0.717) is 5.92 Å². The van der Waals surface area contributed by atoms with E-state index in [1.165, 1.54) is 6.07 Å². The molecule has 6 nitrogen and oxygen atoms in total. The Balaban J connectivity index is 1.91. The molecule has 2 unspecified atom stereocenters. The summed E-state index contributed by atoms with van der Waals surface area (Å²) in [5.41, 5.74) is 6.98. The summed E-state index contributed by atoms with van der Waals surface area (Å²) in [4.78, 5) is 17.2. The first-order valence-corrected chi connectivity index (χ1v) is 7.10. The molecule has 0 bridgehead atoms. The molecule has 3 rings (SSSR count). The first kappa shape index (κ1) is 13.8. The van der Waals surface area contributed by atoms with E-state index in [2.05, 4.69) is 16.8 Å². The second kappa shape index (κ2) is 5.29. The van der Waals surface area contributed by atoms with Gasteiger partial charge in [-0.15, -0.1) is 0 Å². The minimum Gasteiger partial charge on any atom is -0.355 e. The first-order chi connectivity index (χ1) is 10.0. The van der Waals surface area contributed by atoms with Gasteiger partial charge < -0.3 is 10.6 Å². The van der Waals surface area contributed by atoms with Crippen molar-refractivity contribution in [1.82, 2.24) is 4.98 Å². The molecule has 0 spiro atoms. The molecule has 0 amide bonds. The van der Waals surface area contributed by atoms with Crippen LogP contribution in [0.3, 0.4) is 0 Å². The summed E-state index contributed by atoms with van der Waals surface area (Å²) in [7, 11) is 0. The Kier molecular flexibility index (Phi) is 3.47. The highest BCUT2D eigenvalue weighted by Crippen LogP contribution is 2.25. The summed E-state index contributed by atoms with van der Waals surface area (Å²) >= 11 is 0. The molecule has 0 aliphatic carbocycles. The van der Waals surface area contributed by atoms with Gasteiger partial charge in [0.05, 0.1) is 10.4 Å². The van der Waals surface area contributed by atoms with Gasteiger partial charge in [0.25, 0.3) is 5.69 Å². The summed E-state index contributed by atoms with van der Waals surface area (Å²) in [5, 5.41) is 11.6. The van der Waals surface area contributed by atoms with Crippen LogP contribution in [0.5, 0.6) is 0 Å². The van der Waals surface area contributed by atoms with Crippen LogP contribution in [0, 0.1) is 16.0 Å². The second-order valence-corrected chi connectivity index (χ2v) is 5.68. The average molecular weight is 286 g/mol. The number of nitro benzene ring substituents is 1. The smallest absolute Gasteiger partial charge is 0.270 e. The van der Waals surface area contributed by atoms with Crippen LogP contribution < -0.4 is 10.6 Å². The van der Waals surface area contributed by atoms with Crippen molar-refractivity contribution < 1.29 is 4.92 Å². The maximum absolute atomic E-state index is 10.8. The van der Waals surface area contributed by atoms with Gasteiger partial charge >= 0.3 is 0 Å². The number of piperidine rings is 1. The molecule has 2 N–H and O–H groups in total. The van der Waals surface area contributed by atoms with E-state index in [-0.39, 0.29) is 11.7 Å². The number of rotatable bonds is 2. The van der Waals surface area contributed by atoms with Gasteiger partial charge in [0, 0.05) is 36.7 Å². The molecule has 1 fully saturated rings. The van der Waals surface area contributed by atoms with Crippen molar-refractivity contribution in [3.05, 3.63) is 40.4 Å². The molecule has 0 radical (unpaired) electrons. The third-order valence-corrected chi connectivity index (χ3v) is 4.21. The van der Waals surface area contributed by atoms with Gasteiger partial charge in [-0.2, -0.15) is 0 Å². The number of hydrogen-bond acceptors (Lipinski definition) is 5. The monoisotopic (exact) mass is 286 g/mol. The lowest BCUT2D eigenvalue weighted by Gasteiger charge is -2.35. The van der Waals surface area contributed by atoms with E-state index in [0.717, 1.165) is 36.2 Å². The zero-order valence-corrected chi connectivity index (χ0v) is 11.9. The van der Waals surface area contributed by atoms with E-state index in [4.69, 9.17) is 5.73 Å². The maximum atomic E-state index is 10.8. The van der Waals surface area contributed by atoms with Gasteiger partial charge in [-0.05, 0) is 30.5 Å². The highest BCUT2D eigenvalue weighted by Gasteiger charge is 2.24. The van der Waals surface area contributed by atoms with Gasteiger partial charge in [-0.1, -0.05) is 6.92 Å². The summed E-state index contributed by atoms with van der Waals surface area (Å²) in [6, 6.07) is 8.69. The third-order valence-electron chi connectivity index (χ3n) is 4.21. The SMILES string of the molecule is CC1CCN(c2ccc3cc([N+](=O)[O-])ccc3n2)CC1N. The van der Waals surface area contributed by atoms with Crippen LogP contribution in [0.4, 0.5) is 11.5 Å². The number of anilines is 1. The predicted molar refractivity (Wildman–Crippen MR) is 82.4 cm³/mol. The van der Waals surface area contributed by atoms with E-state index >= 15 is 0 Å². The summed E-state index contributed by atoms with van der Waals surface area (Å²) < 4.78 is 0. The topological polar surface area (TPSA) is 85.3 Å². The lowest BCUT2D eigenvalue weighted by atomic mass is 9.94. The zero-order valence-electron chi connectivity index (χ0n) is 11.9. The molecule has 1 aromatic heterocycles. The van der Waals surface area contributed by atoms with Crippen LogP contribution in [0.25, 0.3) is 10.9 Å². The van der Waals surface area contributed by atoms with Crippen LogP contribution in [-0.2, 0) is 0 Å². The summed E-state index contributed by atoms with van der Waals surface area (Å²) in [5.74, 6) is 1.42. The fourth-order valence-corrected chi connectivity index (χ4v) is 2.70. The second-order valence-electron chi connectivity index (χ2n) is 5.68. The average Bonchev–Trinajstić information content (AvgIpc) is 2.49. The Morgan fingerprint density at radius 2 is 2.19 bits per heavy atom. The van der Waals surface area contributed by atoms with Crippen LogP contribution in [0.2, 0.25) is 0 Å². The standard InChI is InChI=1S/C15H18N4O2/c1-10-6-7-18(9-13(10)16)15-5-2-11-8-12(19(20)21)3-4-14(11)17-15/h2-5,8,10,13H,6-7,9,16H2,1H3. The summed E-state index contributed by atoms with van der Waals surface area (Å²) in [6.45, 7) is 3.92. The Labute approximate surface area is 122 Å². The number of hydrogen-bond donors (Lipinski definition) is 1. The molecule has 2 aromatic rings. The molecule has 0 saturated carbocycles. The Bertz CT molecular complexity index is 688. The molecule has 6 heteroatoms. The largest absolute Gasteiger partial charge is 0.355 e. The Morgan fingerprint density at radius 3 is 2.90 bits per heavy atom. The van der Waals surface area contributed by atoms with E-state index < -0.39 is 4.92 Å². The lowest BCUT2D eigenvalue weighted by molar-refractivity contribution is -0.384. The van der Waals surface area contributed by atoms with Crippen molar-refractivity contribution in [2.24, 2.45) is 11.7 Å². The minimum absolute atomic E-state index is 0.0888. The molecule has 1 saturated heterocycles.